The monoisotopic (exact) mass is 272 g/mol. The van der Waals surface area contributed by atoms with E-state index in [-0.39, 0.29) is 12.5 Å². The summed E-state index contributed by atoms with van der Waals surface area (Å²) in [6, 6.07) is 7.48. The van der Waals surface area contributed by atoms with Crippen molar-refractivity contribution in [2.24, 2.45) is 0 Å². The Labute approximate surface area is 117 Å². The van der Waals surface area contributed by atoms with E-state index in [4.69, 9.17) is 4.74 Å². The number of carbonyl (C=O) groups excluding carboxylic acids is 1. The van der Waals surface area contributed by atoms with Crippen molar-refractivity contribution in [3.63, 3.8) is 0 Å². The maximum absolute atomic E-state index is 11.4. The molecular weight excluding hydrogens is 256 g/mol. The van der Waals surface area contributed by atoms with Gasteiger partial charge < -0.3 is 15.4 Å². The number of nitrogens with zero attached hydrogens (tertiary/aromatic N) is 2. The van der Waals surface area contributed by atoms with Crippen molar-refractivity contribution in [1.29, 1.82) is 0 Å². The van der Waals surface area contributed by atoms with Crippen LogP contribution in [0.25, 0.3) is 0 Å². The Morgan fingerprint density at radius 2 is 2.00 bits per heavy atom. The average molecular weight is 272 g/mol. The van der Waals surface area contributed by atoms with Crippen molar-refractivity contribution < 1.29 is 9.53 Å². The molecule has 0 atom stereocenters. The third kappa shape index (κ3) is 4.33. The lowest BCUT2D eigenvalue weighted by Gasteiger charge is -2.09. The fraction of sp³-hybridized carbons (Fsp3) is 0.214. The fourth-order valence-electron chi connectivity index (χ4n) is 1.66. The van der Waals surface area contributed by atoms with Crippen LogP contribution in [0.4, 0.5) is 11.4 Å². The molecule has 0 spiro atoms. The molecule has 2 N–H and O–H groups in total. The van der Waals surface area contributed by atoms with Crippen molar-refractivity contribution in [3.8, 4) is 0 Å². The third-order valence-electron chi connectivity index (χ3n) is 2.53. The standard InChI is InChI=1S/C14H16N4O2/c1-20-9-14(19)18-13-4-2-3-12(5-13)17-8-11-6-15-10-16-7-11/h2-7,10,17H,8-9H2,1H3,(H,18,19). The molecule has 1 aromatic carbocycles. The van der Waals surface area contributed by atoms with Gasteiger partial charge in [0.05, 0.1) is 0 Å². The molecule has 0 aliphatic heterocycles. The number of hydrogen-bond donors (Lipinski definition) is 2. The quantitative estimate of drug-likeness (QED) is 0.836. The van der Waals surface area contributed by atoms with Crippen molar-refractivity contribution in [2.45, 2.75) is 6.54 Å². The maximum Gasteiger partial charge on any atom is 0.250 e. The first-order valence-electron chi connectivity index (χ1n) is 6.14. The number of amides is 1. The number of methoxy groups -OCH3 is 1. The van der Waals surface area contributed by atoms with Crippen molar-refractivity contribution in [2.75, 3.05) is 24.4 Å². The van der Waals surface area contributed by atoms with Crippen LogP contribution >= 0.6 is 0 Å². The zero-order valence-electron chi connectivity index (χ0n) is 11.2. The van der Waals surface area contributed by atoms with Gasteiger partial charge in [0.1, 0.15) is 12.9 Å². The van der Waals surface area contributed by atoms with Crippen molar-refractivity contribution in [3.05, 3.63) is 48.5 Å². The van der Waals surface area contributed by atoms with E-state index in [1.54, 1.807) is 12.4 Å². The Balaban J connectivity index is 1.94. The van der Waals surface area contributed by atoms with E-state index in [2.05, 4.69) is 20.6 Å². The second-order valence-electron chi connectivity index (χ2n) is 4.16. The summed E-state index contributed by atoms with van der Waals surface area (Å²) >= 11 is 0. The number of aromatic nitrogens is 2. The second-order valence-corrected chi connectivity index (χ2v) is 4.16. The molecule has 6 nitrogen and oxygen atoms in total. The third-order valence-corrected chi connectivity index (χ3v) is 2.53. The largest absolute Gasteiger partial charge is 0.381 e. The maximum atomic E-state index is 11.4. The molecular formula is C14H16N4O2. The van der Waals surface area contributed by atoms with Gasteiger partial charge in [-0.2, -0.15) is 0 Å². The summed E-state index contributed by atoms with van der Waals surface area (Å²) in [5, 5.41) is 6.00. The zero-order valence-corrected chi connectivity index (χ0v) is 11.2. The summed E-state index contributed by atoms with van der Waals surface area (Å²) in [4.78, 5) is 19.3. The summed E-state index contributed by atoms with van der Waals surface area (Å²) in [5.41, 5.74) is 2.62. The summed E-state index contributed by atoms with van der Waals surface area (Å²) in [6.07, 6.45) is 5.00. The van der Waals surface area contributed by atoms with Gasteiger partial charge in [0, 0.05) is 43.0 Å². The van der Waals surface area contributed by atoms with E-state index in [0.29, 0.717) is 6.54 Å². The first kappa shape index (κ1) is 14.0. The fourth-order valence-corrected chi connectivity index (χ4v) is 1.66. The Morgan fingerprint density at radius 3 is 2.75 bits per heavy atom. The van der Waals surface area contributed by atoms with Crippen LogP contribution in [-0.4, -0.2) is 29.6 Å². The summed E-state index contributed by atoms with van der Waals surface area (Å²) in [5.74, 6) is -0.180. The molecule has 1 aromatic heterocycles. The highest BCUT2D eigenvalue weighted by molar-refractivity contribution is 5.92. The molecule has 0 saturated carbocycles. The van der Waals surface area contributed by atoms with E-state index in [1.807, 2.05) is 24.3 Å². The molecule has 0 unspecified atom stereocenters. The molecule has 1 amide bonds. The molecule has 20 heavy (non-hydrogen) atoms. The number of hydrogen-bond acceptors (Lipinski definition) is 5. The van der Waals surface area contributed by atoms with Crippen molar-refractivity contribution in [1.82, 2.24) is 9.97 Å². The van der Waals surface area contributed by atoms with Crippen LogP contribution in [0, 0.1) is 0 Å². The van der Waals surface area contributed by atoms with Gasteiger partial charge in [-0.05, 0) is 18.2 Å². The van der Waals surface area contributed by atoms with Crippen LogP contribution in [0.1, 0.15) is 5.56 Å². The Kier molecular flexibility index (Phi) is 5.02. The Bertz CT molecular complexity index is 560. The lowest BCUT2D eigenvalue weighted by atomic mass is 10.2. The molecule has 0 radical (unpaired) electrons. The van der Waals surface area contributed by atoms with E-state index >= 15 is 0 Å². The first-order chi connectivity index (χ1) is 9.78. The molecule has 0 saturated heterocycles. The lowest BCUT2D eigenvalue weighted by Crippen LogP contribution is -2.17. The topological polar surface area (TPSA) is 76.1 Å². The number of anilines is 2. The minimum Gasteiger partial charge on any atom is -0.381 e. The Morgan fingerprint density at radius 1 is 1.25 bits per heavy atom. The number of rotatable bonds is 6. The normalized spacial score (nSPS) is 10.1. The number of carbonyl (C=O) groups is 1. The minimum atomic E-state index is -0.180. The zero-order chi connectivity index (χ0) is 14.2. The van der Waals surface area contributed by atoms with Crippen LogP contribution in [-0.2, 0) is 16.1 Å². The van der Waals surface area contributed by atoms with Gasteiger partial charge in [0.15, 0.2) is 0 Å². The van der Waals surface area contributed by atoms with Gasteiger partial charge in [-0.1, -0.05) is 6.07 Å². The van der Waals surface area contributed by atoms with E-state index in [1.165, 1.54) is 13.4 Å². The van der Waals surface area contributed by atoms with Gasteiger partial charge in [0.25, 0.3) is 0 Å². The highest BCUT2D eigenvalue weighted by atomic mass is 16.5. The molecule has 1 heterocycles. The van der Waals surface area contributed by atoms with Gasteiger partial charge in [-0.25, -0.2) is 9.97 Å². The predicted octanol–water partition coefficient (Wildman–Crippen LogP) is 1.67. The summed E-state index contributed by atoms with van der Waals surface area (Å²) in [6.45, 7) is 0.662. The van der Waals surface area contributed by atoms with E-state index in [9.17, 15) is 4.79 Å². The first-order valence-corrected chi connectivity index (χ1v) is 6.14. The number of benzene rings is 1. The van der Waals surface area contributed by atoms with E-state index in [0.717, 1.165) is 16.9 Å². The number of nitrogens with one attached hydrogen (secondary N) is 2. The lowest BCUT2D eigenvalue weighted by molar-refractivity contribution is -0.119. The van der Waals surface area contributed by atoms with Crippen molar-refractivity contribution >= 4 is 17.3 Å². The molecule has 6 heteroatoms. The van der Waals surface area contributed by atoms with Crippen LogP contribution in [0.5, 0.6) is 0 Å². The van der Waals surface area contributed by atoms with Gasteiger partial charge in [-0.15, -0.1) is 0 Å². The predicted molar refractivity (Wildman–Crippen MR) is 76.3 cm³/mol. The molecule has 0 aliphatic carbocycles. The highest BCUT2D eigenvalue weighted by Crippen LogP contribution is 2.15. The summed E-state index contributed by atoms with van der Waals surface area (Å²) < 4.78 is 4.77. The highest BCUT2D eigenvalue weighted by Gasteiger charge is 2.02. The van der Waals surface area contributed by atoms with Crippen LogP contribution in [0.2, 0.25) is 0 Å². The molecule has 0 fully saturated rings. The van der Waals surface area contributed by atoms with Crippen LogP contribution < -0.4 is 10.6 Å². The molecule has 104 valence electrons. The van der Waals surface area contributed by atoms with Gasteiger partial charge in [0.2, 0.25) is 5.91 Å². The SMILES string of the molecule is COCC(=O)Nc1cccc(NCc2cncnc2)c1. The molecule has 2 rings (SSSR count). The van der Waals surface area contributed by atoms with Crippen LogP contribution in [0.15, 0.2) is 43.0 Å². The second kappa shape index (κ2) is 7.20. The van der Waals surface area contributed by atoms with E-state index < -0.39 is 0 Å². The van der Waals surface area contributed by atoms with Gasteiger partial charge in [-0.3, -0.25) is 4.79 Å². The summed E-state index contributed by atoms with van der Waals surface area (Å²) in [7, 11) is 1.49. The van der Waals surface area contributed by atoms with Crippen LogP contribution in [0.3, 0.4) is 0 Å². The molecule has 0 aliphatic rings. The minimum absolute atomic E-state index is 0.0407. The molecule has 0 bridgehead atoms. The number of ether oxygens (including phenoxy) is 1. The average Bonchev–Trinajstić information content (AvgIpc) is 2.47. The Hall–Kier alpha value is -2.47. The molecule has 2 aromatic rings. The van der Waals surface area contributed by atoms with Gasteiger partial charge >= 0.3 is 0 Å². The smallest absolute Gasteiger partial charge is 0.250 e.